The lowest BCUT2D eigenvalue weighted by Crippen LogP contribution is -2.47. The van der Waals surface area contributed by atoms with Crippen LogP contribution >= 0.6 is 0 Å². The van der Waals surface area contributed by atoms with Crippen LogP contribution in [0, 0.1) is 11.7 Å². The molecule has 1 aliphatic heterocycles. The van der Waals surface area contributed by atoms with Crippen LogP contribution in [0.3, 0.4) is 0 Å². The van der Waals surface area contributed by atoms with Crippen LogP contribution in [-0.4, -0.2) is 49.7 Å². The predicted octanol–water partition coefficient (Wildman–Crippen LogP) is 3.80. The highest BCUT2D eigenvalue weighted by atomic mass is 19.1. The van der Waals surface area contributed by atoms with Gasteiger partial charge in [0.1, 0.15) is 17.7 Å². The highest BCUT2D eigenvalue weighted by Crippen LogP contribution is 2.19. The molecule has 0 aromatic heterocycles. The van der Waals surface area contributed by atoms with Gasteiger partial charge >= 0.3 is 6.03 Å². The van der Waals surface area contributed by atoms with E-state index in [2.05, 4.69) is 10.6 Å². The lowest BCUT2D eigenvalue weighted by molar-refractivity contribution is -0.145. The Kier molecular flexibility index (Phi) is 8.44. The van der Waals surface area contributed by atoms with Gasteiger partial charge < -0.3 is 25.0 Å². The van der Waals surface area contributed by atoms with Gasteiger partial charge in [-0.2, -0.15) is 0 Å². The molecule has 1 saturated heterocycles. The number of piperidine rings is 1. The number of benzene rings is 2. The van der Waals surface area contributed by atoms with Crippen molar-refractivity contribution in [3.63, 3.8) is 0 Å². The number of hydrogen-bond donors (Lipinski definition) is 2. The molecular formula is C24H30FN3O4. The topological polar surface area (TPSA) is 79.9 Å². The maximum absolute atomic E-state index is 13.2. The van der Waals surface area contributed by atoms with E-state index in [0.717, 1.165) is 24.2 Å². The number of amides is 3. The molecule has 8 heteroatoms. The Labute approximate surface area is 187 Å². The van der Waals surface area contributed by atoms with Crippen LogP contribution in [0.4, 0.5) is 14.9 Å². The van der Waals surface area contributed by atoms with E-state index in [1.165, 1.54) is 18.2 Å². The number of carbonyl (C=O) groups is 2. The summed E-state index contributed by atoms with van der Waals surface area (Å²) in [5.74, 6) is 0.434. The number of halogens is 1. The minimum absolute atomic E-state index is 0.0539. The molecule has 172 valence electrons. The molecule has 7 nitrogen and oxygen atoms in total. The van der Waals surface area contributed by atoms with Gasteiger partial charge in [-0.3, -0.25) is 4.79 Å². The molecule has 3 amide bonds. The first-order valence-electron chi connectivity index (χ1n) is 10.8. The number of nitrogens with zero attached hydrogens (tertiary/aromatic N) is 1. The standard InChI is InChI=1S/C24H30FN3O4/c1-17(32-16-18-6-3-10-22(12-18)31-2)23(29)28-11-5-7-19(15-28)14-26-24(30)27-21-9-4-8-20(25)13-21/h3-4,6,8-10,12-13,17,19H,5,7,11,14-16H2,1-2H3,(H2,26,27,30). The predicted molar refractivity (Wildman–Crippen MR) is 120 cm³/mol. The van der Waals surface area contributed by atoms with Crippen molar-refractivity contribution in [1.82, 2.24) is 10.2 Å². The van der Waals surface area contributed by atoms with Crippen molar-refractivity contribution in [3.05, 3.63) is 59.9 Å². The monoisotopic (exact) mass is 443 g/mol. The summed E-state index contributed by atoms with van der Waals surface area (Å²) in [7, 11) is 1.61. The van der Waals surface area contributed by atoms with Crippen molar-refractivity contribution in [2.45, 2.75) is 32.5 Å². The molecule has 2 atom stereocenters. The summed E-state index contributed by atoms with van der Waals surface area (Å²) >= 11 is 0. The fourth-order valence-corrected chi connectivity index (χ4v) is 3.72. The number of ether oxygens (including phenoxy) is 2. The van der Waals surface area contributed by atoms with Gasteiger partial charge in [0.25, 0.3) is 5.91 Å². The van der Waals surface area contributed by atoms with Gasteiger partial charge in [0.2, 0.25) is 0 Å². The first-order valence-corrected chi connectivity index (χ1v) is 10.8. The second kappa shape index (κ2) is 11.5. The van der Waals surface area contributed by atoms with Gasteiger partial charge in [-0.05, 0) is 61.6 Å². The van der Waals surface area contributed by atoms with E-state index >= 15 is 0 Å². The van der Waals surface area contributed by atoms with Crippen LogP contribution in [0.2, 0.25) is 0 Å². The maximum Gasteiger partial charge on any atom is 0.319 e. The van der Waals surface area contributed by atoms with Crippen LogP contribution in [-0.2, 0) is 16.1 Å². The first-order chi connectivity index (χ1) is 15.4. The number of nitrogens with one attached hydrogen (secondary N) is 2. The Morgan fingerprint density at radius 3 is 2.81 bits per heavy atom. The van der Waals surface area contributed by atoms with E-state index in [-0.39, 0.29) is 11.8 Å². The molecule has 2 N–H and O–H groups in total. The van der Waals surface area contributed by atoms with Crippen molar-refractivity contribution in [1.29, 1.82) is 0 Å². The molecule has 0 radical (unpaired) electrons. The molecule has 3 rings (SSSR count). The van der Waals surface area contributed by atoms with E-state index in [1.807, 2.05) is 24.3 Å². The largest absolute Gasteiger partial charge is 0.497 e. The van der Waals surface area contributed by atoms with E-state index in [0.29, 0.717) is 31.9 Å². The molecule has 0 spiro atoms. The second-order valence-corrected chi connectivity index (χ2v) is 7.94. The number of hydrogen-bond acceptors (Lipinski definition) is 4. The number of carbonyl (C=O) groups excluding carboxylic acids is 2. The smallest absolute Gasteiger partial charge is 0.319 e. The molecule has 0 aliphatic carbocycles. The summed E-state index contributed by atoms with van der Waals surface area (Å²) in [6, 6.07) is 12.9. The van der Waals surface area contributed by atoms with Crippen molar-refractivity contribution in [2.75, 3.05) is 32.1 Å². The third-order valence-corrected chi connectivity index (χ3v) is 5.45. The van der Waals surface area contributed by atoms with Gasteiger partial charge in [-0.25, -0.2) is 9.18 Å². The van der Waals surface area contributed by atoms with Gasteiger partial charge in [0.15, 0.2) is 0 Å². The number of urea groups is 1. The minimum Gasteiger partial charge on any atom is -0.497 e. The van der Waals surface area contributed by atoms with Gasteiger partial charge in [0, 0.05) is 25.3 Å². The second-order valence-electron chi connectivity index (χ2n) is 7.94. The molecule has 2 aromatic carbocycles. The van der Waals surface area contributed by atoms with Crippen LogP contribution in [0.5, 0.6) is 5.75 Å². The maximum atomic E-state index is 13.2. The van der Waals surface area contributed by atoms with Crippen LogP contribution in [0.25, 0.3) is 0 Å². The van der Waals surface area contributed by atoms with Crippen LogP contribution < -0.4 is 15.4 Å². The Balaban J connectivity index is 1.43. The molecule has 0 bridgehead atoms. The SMILES string of the molecule is COc1cccc(COC(C)C(=O)N2CCCC(CNC(=O)Nc3cccc(F)c3)C2)c1. The average molecular weight is 444 g/mol. The lowest BCUT2D eigenvalue weighted by atomic mass is 9.97. The number of anilines is 1. The fraction of sp³-hybridized carbons (Fsp3) is 0.417. The van der Waals surface area contributed by atoms with Gasteiger partial charge in [0.05, 0.1) is 13.7 Å². The molecule has 2 aromatic rings. The third kappa shape index (κ3) is 6.95. The zero-order valence-electron chi connectivity index (χ0n) is 18.5. The van der Waals surface area contributed by atoms with Crippen LogP contribution in [0.15, 0.2) is 48.5 Å². The van der Waals surface area contributed by atoms with E-state index < -0.39 is 18.0 Å². The molecule has 0 saturated carbocycles. The quantitative estimate of drug-likeness (QED) is 0.651. The Hall–Kier alpha value is -3.13. The lowest BCUT2D eigenvalue weighted by Gasteiger charge is -2.34. The summed E-state index contributed by atoms with van der Waals surface area (Å²) < 4.78 is 24.2. The number of rotatable bonds is 8. The minimum atomic E-state index is -0.566. The molecule has 1 aliphatic rings. The molecule has 2 unspecified atom stereocenters. The Bertz CT molecular complexity index is 924. The van der Waals surface area contributed by atoms with Gasteiger partial charge in [-0.15, -0.1) is 0 Å². The van der Waals surface area contributed by atoms with Crippen molar-refractivity contribution >= 4 is 17.6 Å². The Morgan fingerprint density at radius 2 is 2.03 bits per heavy atom. The van der Waals surface area contributed by atoms with Crippen molar-refractivity contribution in [2.24, 2.45) is 5.92 Å². The highest BCUT2D eigenvalue weighted by Gasteiger charge is 2.27. The zero-order chi connectivity index (χ0) is 22.9. The van der Waals surface area contributed by atoms with E-state index in [9.17, 15) is 14.0 Å². The van der Waals surface area contributed by atoms with E-state index in [4.69, 9.17) is 9.47 Å². The molecule has 32 heavy (non-hydrogen) atoms. The van der Waals surface area contributed by atoms with Crippen LogP contribution in [0.1, 0.15) is 25.3 Å². The number of methoxy groups -OCH3 is 1. The summed E-state index contributed by atoms with van der Waals surface area (Å²) in [6.07, 6.45) is 1.22. The first kappa shape index (κ1) is 23.5. The van der Waals surface area contributed by atoms with Crippen molar-refractivity contribution in [3.8, 4) is 5.75 Å². The third-order valence-electron chi connectivity index (χ3n) is 5.45. The molecule has 1 fully saturated rings. The average Bonchev–Trinajstić information content (AvgIpc) is 2.81. The van der Waals surface area contributed by atoms with E-state index in [1.54, 1.807) is 25.0 Å². The summed E-state index contributed by atoms with van der Waals surface area (Å²) in [4.78, 5) is 26.7. The molecular weight excluding hydrogens is 413 g/mol. The summed E-state index contributed by atoms with van der Waals surface area (Å²) in [5, 5.41) is 5.43. The Morgan fingerprint density at radius 1 is 1.22 bits per heavy atom. The normalized spacial score (nSPS) is 16.8. The summed E-state index contributed by atoms with van der Waals surface area (Å²) in [5.41, 5.74) is 1.33. The van der Waals surface area contributed by atoms with Gasteiger partial charge in [-0.1, -0.05) is 18.2 Å². The highest BCUT2D eigenvalue weighted by molar-refractivity contribution is 5.89. The zero-order valence-corrected chi connectivity index (χ0v) is 18.5. The summed E-state index contributed by atoms with van der Waals surface area (Å²) in [6.45, 7) is 3.76. The number of likely N-dealkylation sites (tertiary alicyclic amines) is 1. The molecule has 1 heterocycles. The fourth-order valence-electron chi connectivity index (χ4n) is 3.72. The van der Waals surface area contributed by atoms with Crippen molar-refractivity contribution < 1.29 is 23.5 Å².